The minimum absolute atomic E-state index is 0.225. The van der Waals surface area contributed by atoms with E-state index in [4.69, 9.17) is 13.9 Å². The van der Waals surface area contributed by atoms with E-state index in [0.717, 1.165) is 10.8 Å². The average Bonchev–Trinajstić information content (AvgIpc) is 3.12. The molecule has 0 saturated heterocycles. The summed E-state index contributed by atoms with van der Waals surface area (Å²) in [6, 6.07) is 1.80. The first-order chi connectivity index (χ1) is 10.6. The van der Waals surface area contributed by atoms with Crippen molar-refractivity contribution >= 4 is 29.3 Å². The van der Waals surface area contributed by atoms with Gasteiger partial charge in [-0.15, -0.1) is 11.3 Å². The summed E-state index contributed by atoms with van der Waals surface area (Å²) in [4.78, 5) is 20.5. The second kappa shape index (κ2) is 5.86. The Morgan fingerprint density at radius 1 is 1.41 bits per heavy atom. The van der Waals surface area contributed by atoms with E-state index in [0.29, 0.717) is 23.6 Å². The van der Waals surface area contributed by atoms with Gasteiger partial charge in [0.2, 0.25) is 5.90 Å². The van der Waals surface area contributed by atoms with Gasteiger partial charge in [0.1, 0.15) is 16.5 Å². The van der Waals surface area contributed by atoms with Crippen LogP contribution in [0, 0.1) is 13.8 Å². The lowest BCUT2D eigenvalue weighted by Gasteiger charge is -1.95. The number of hydrogen-bond acceptors (Lipinski definition) is 7. The molecule has 0 aliphatic carbocycles. The zero-order valence-electron chi connectivity index (χ0n) is 12.4. The molecule has 6 nitrogen and oxygen atoms in total. The number of hydrogen-bond donors (Lipinski definition) is 0. The van der Waals surface area contributed by atoms with Gasteiger partial charge in [-0.2, -0.15) is 0 Å². The molecular formula is C15H14N2O4S. The van der Waals surface area contributed by atoms with E-state index < -0.39 is 5.97 Å². The Labute approximate surface area is 131 Å². The Bertz CT molecular complexity index is 785. The number of carbonyl (C=O) groups excluding carboxylic acids is 1. The first-order valence-corrected chi connectivity index (χ1v) is 7.48. The van der Waals surface area contributed by atoms with Crippen molar-refractivity contribution in [3.8, 4) is 0 Å². The van der Waals surface area contributed by atoms with E-state index in [1.165, 1.54) is 11.3 Å². The number of cyclic esters (lactones) is 1. The number of rotatable bonds is 4. The Hall–Kier alpha value is -2.25. The first-order valence-electron chi connectivity index (χ1n) is 6.60. The summed E-state index contributed by atoms with van der Waals surface area (Å²) in [5, 5.41) is 2.68. The van der Waals surface area contributed by atoms with Gasteiger partial charge in [0.05, 0.1) is 17.9 Å². The van der Waals surface area contributed by atoms with Crippen molar-refractivity contribution in [3.63, 3.8) is 0 Å². The third-order valence-electron chi connectivity index (χ3n) is 3.01. The summed E-state index contributed by atoms with van der Waals surface area (Å²) < 4.78 is 15.7. The molecule has 1 aliphatic heterocycles. The highest BCUT2D eigenvalue weighted by molar-refractivity contribution is 7.09. The van der Waals surface area contributed by atoms with Crippen LogP contribution in [0.1, 0.15) is 27.8 Å². The molecule has 0 bridgehead atoms. The van der Waals surface area contributed by atoms with Gasteiger partial charge in [0, 0.05) is 12.5 Å². The highest BCUT2D eigenvalue weighted by atomic mass is 32.1. The monoisotopic (exact) mass is 318 g/mol. The largest absolute Gasteiger partial charge is 0.466 e. The Balaban J connectivity index is 1.88. The number of carbonyl (C=O) groups is 1. The maximum Gasteiger partial charge on any atom is 0.363 e. The standard InChI is InChI=1S/C15H14N2O4S/c1-8-4-11(9(2)20-8)14-17-12(15(18)21-14)5-10-7-22-13(16-10)6-19-3/h4-5,7H,6H2,1-3H3/b12-5+. The predicted octanol–water partition coefficient (Wildman–Crippen LogP) is 2.84. The van der Waals surface area contributed by atoms with E-state index in [2.05, 4.69) is 9.98 Å². The number of nitrogens with zero attached hydrogens (tertiary/aromatic N) is 2. The minimum atomic E-state index is -0.491. The van der Waals surface area contributed by atoms with Crippen LogP contribution in [-0.4, -0.2) is 24.0 Å². The summed E-state index contributed by atoms with van der Waals surface area (Å²) in [6.45, 7) is 4.08. The molecule has 0 fully saturated rings. The Morgan fingerprint density at radius 2 is 2.23 bits per heavy atom. The smallest absolute Gasteiger partial charge is 0.363 e. The molecule has 3 heterocycles. The van der Waals surface area contributed by atoms with Gasteiger partial charge in [-0.1, -0.05) is 0 Å². The number of ether oxygens (including phenoxy) is 2. The van der Waals surface area contributed by atoms with Crippen LogP contribution >= 0.6 is 11.3 Å². The molecule has 0 amide bonds. The summed E-state index contributed by atoms with van der Waals surface area (Å²) in [7, 11) is 1.61. The van der Waals surface area contributed by atoms with Gasteiger partial charge < -0.3 is 13.9 Å². The normalized spacial score (nSPS) is 16.2. The SMILES string of the molecule is COCc1nc(/C=C2/N=C(c3cc(C)oc3C)OC2=O)cs1. The maximum atomic E-state index is 11.9. The first kappa shape index (κ1) is 14.7. The number of furan rings is 1. The molecule has 3 rings (SSSR count). The van der Waals surface area contributed by atoms with Gasteiger partial charge in [-0.05, 0) is 26.0 Å². The predicted molar refractivity (Wildman–Crippen MR) is 81.6 cm³/mol. The second-order valence-corrected chi connectivity index (χ2v) is 5.70. The molecule has 2 aromatic rings. The zero-order valence-corrected chi connectivity index (χ0v) is 13.2. The minimum Gasteiger partial charge on any atom is -0.466 e. The molecule has 1 aliphatic rings. The molecule has 0 unspecified atom stereocenters. The molecule has 0 spiro atoms. The fourth-order valence-electron chi connectivity index (χ4n) is 2.09. The summed E-state index contributed by atoms with van der Waals surface area (Å²) in [5.74, 6) is 1.18. The van der Waals surface area contributed by atoms with Crippen molar-refractivity contribution in [1.82, 2.24) is 4.98 Å². The van der Waals surface area contributed by atoms with Gasteiger partial charge in [-0.25, -0.2) is 14.8 Å². The van der Waals surface area contributed by atoms with E-state index in [1.54, 1.807) is 26.2 Å². The number of methoxy groups -OCH3 is 1. The molecular weight excluding hydrogens is 304 g/mol. The lowest BCUT2D eigenvalue weighted by atomic mass is 10.2. The van der Waals surface area contributed by atoms with E-state index in [9.17, 15) is 4.79 Å². The second-order valence-electron chi connectivity index (χ2n) is 4.76. The molecule has 0 saturated carbocycles. The molecule has 114 valence electrons. The fourth-order valence-corrected chi connectivity index (χ4v) is 2.81. The lowest BCUT2D eigenvalue weighted by molar-refractivity contribution is -0.129. The molecule has 0 aromatic carbocycles. The van der Waals surface area contributed by atoms with Crippen LogP contribution in [-0.2, 0) is 20.9 Å². The number of thiazole rings is 1. The highest BCUT2D eigenvalue weighted by Gasteiger charge is 2.27. The van der Waals surface area contributed by atoms with Gasteiger partial charge in [0.15, 0.2) is 5.70 Å². The molecule has 2 aromatic heterocycles. The third-order valence-corrected chi connectivity index (χ3v) is 3.85. The number of aryl methyl sites for hydroxylation is 2. The van der Waals surface area contributed by atoms with E-state index in [1.807, 2.05) is 12.3 Å². The number of esters is 1. The van der Waals surface area contributed by atoms with Crippen molar-refractivity contribution in [2.24, 2.45) is 4.99 Å². The number of aliphatic imine (C=N–C) groups is 1. The zero-order chi connectivity index (χ0) is 15.7. The van der Waals surface area contributed by atoms with Crippen LogP contribution < -0.4 is 0 Å². The fraction of sp³-hybridized carbons (Fsp3) is 0.267. The van der Waals surface area contributed by atoms with Crippen LogP contribution in [0.5, 0.6) is 0 Å². The Morgan fingerprint density at radius 3 is 2.91 bits per heavy atom. The van der Waals surface area contributed by atoms with E-state index >= 15 is 0 Å². The van der Waals surface area contributed by atoms with Crippen LogP contribution in [0.2, 0.25) is 0 Å². The van der Waals surface area contributed by atoms with E-state index in [-0.39, 0.29) is 11.6 Å². The topological polar surface area (TPSA) is 73.9 Å². The average molecular weight is 318 g/mol. The maximum absolute atomic E-state index is 11.9. The van der Waals surface area contributed by atoms with Gasteiger partial charge in [0.25, 0.3) is 0 Å². The summed E-state index contributed by atoms with van der Waals surface area (Å²) >= 11 is 1.47. The molecule has 7 heteroatoms. The third kappa shape index (κ3) is 2.86. The summed E-state index contributed by atoms with van der Waals surface area (Å²) in [5.41, 5.74) is 1.57. The highest BCUT2D eigenvalue weighted by Crippen LogP contribution is 2.23. The van der Waals surface area contributed by atoms with Crippen LogP contribution in [0.15, 0.2) is 26.6 Å². The summed E-state index contributed by atoms with van der Waals surface area (Å²) in [6.07, 6.45) is 1.60. The number of aromatic nitrogens is 1. The van der Waals surface area contributed by atoms with Gasteiger partial charge >= 0.3 is 5.97 Å². The van der Waals surface area contributed by atoms with Crippen molar-refractivity contribution in [2.75, 3.05) is 7.11 Å². The Kier molecular flexibility index (Phi) is 3.91. The molecule has 0 atom stereocenters. The van der Waals surface area contributed by atoms with Crippen molar-refractivity contribution in [3.05, 3.63) is 44.9 Å². The lowest BCUT2D eigenvalue weighted by Crippen LogP contribution is -2.05. The molecule has 0 N–H and O–H groups in total. The van der Waals surface area contributed by atoms with Crippen molar-refractivity contribution < 1.29 is 18.7 Å². The van der Waals surface area contributed by atoms with Crippen LogP contribution in [0.3, 0.4) is 0 Å². The molecule has 22 heavy (non-hydrogen) atoms. The van der Waals surface area contributed by atoms with Gasteiger partial charge in [-0.3, -0.25) is 0 Å². The van der Waals surface area contributed by atoms with Crippen LogP contribution in [0.25, 0.3) is 6.08 Å². The van der Waals surface area contributed by atoms with Crippen molar-refractivity contribution in [2.45, 2.75) is 20.5 Å². The van der Waals surface area contributed by atoms with Crippen molar-refractivity contribution in [1.29, 1.82) is 0 Å². The molecule has 0 radical (unpaired) electrons. The van der Waals surface area contributed by atoms with Crippen LogP contribution in [0.4, 0.5) is 0 Å². The quantitative estimate of drug-likeness (QED) is 0.640.